The molecule has 0 aliphatic heterocycles. The molecule has 0 radical (unpaired) electrons. The maximum absolute atomic E-state index is 12.3. The summed E-state index contributed by atoms with van der Waals surface area (Å²) in [6.07, 6.45) is 0. The first kappa shape index (κ1) is 19.1. The quantitative estimate of drug-likeness (QED) is 0.248. The number of benzene rings is 2. The third kappa shape index (κ3) is 4.36. The minimum absolute atomic E-state index is 0.0586. The number of hydrazine groups is 1. The molecular formula is C20H21N5O3. The molecule has 0 atom stereocenters. The molecule has 28 heavy (non-hydrogen) atoms. The number of amides is 1. The Hall–Kier alpha value is -3.65. The molecule has 1 amide bonds. The van der Waals surface area contributed by atoms with Crippen molar-refractivity contribution in [2.75, 3.05) is 18.9 Å². The standard InChI is InChI=1S/C20H21N5O3/c1-13-17(19(26)25-22)18(24-20(21)23-13)15-9-5-6-10-16(15)28-12-11-27-14-7-3-2-4-8-14/h2-10H,11-12,22H2,1H3,(H,25,26)(H2,21,23,24). The van der Waals surface area contributed by atoms with Gasteiger partial charge in [-0.05, 0) is 31.2 Å². The highest BCUT2D eigenvalue weighted by Gasteiger charge is 2.21. The smallest absolute Gasteiger partial charge is 0.269 e. The number of ether oxygens (including phenoxy) is 2. The molecule has 3 rings (SSSR count). The molecule has 1 aromatic heterocycles. The first-order chi connectivity index (χ1) is 13.6. The zero-order valence-corrected chi connectivity index (χ0v) is 15.4. The number of aryl methyl sites for hydroxylation is 1. The van der Waals surface area contributed by atoms with E-state index in [4.69, 9.17) is 21.1 Å². The van der Waals surface area contributed by atoms with Crippen LogP contribution in [0, 0.1) is 6.92 Å². The lowest BCUT2D eigenvalue weighted by molar-refractivity contribution is 0.0953. The van der Waals surface area contributed by atoms with E-state index in [-0.39, 0.29) is 11.5 Å². The molecule has 0 aliphatic carbocycles. The minimum atomic E-state index is -0.505. The van der Waals surface area contributed by atoms with E-state index in [9.17, 15) is 4.79 Å². The van der Waals surface area contributed by atoms with Gasteiger partial charge in [-0.2, -0.15) is 0 Å². The van der Waals surface area contributed by atoms with Crippen molar-refractivity contribution in [2.45, 2.75) is 6.92 Å². The number of carbonyl (C=O) groups excluding carboxylic acids is 1. The molecule has 0 saturated carbocycles. The Bertz CT molecular complexity index is 963. The van der Waals surface area contributed by atoms with E-state index in [1.165, 1.54) is 0 Å². The van der Waals surface area contributed by atoms with Crippen LogP contribution in [0.3, 0.4) is 0 Å². The number of carbonyl (C=O) groups is 1. The molecule has 8 heteroatoms. The van der Waals surface area contributed by atoms with E-state index in [0.29, 0.717) is 35.9 Å². The van der Waals surface area contributed by atoms with Gasteiger partial charge in [0.05, 0.1) is 17.0 Å². The Morgan fingerprint density at radius 1 is 1.00 bits per heavy atom. The Balaban J connectivity index is 1.83. The minimum Gasteiger partial charge on any atom is -0.490 e. The van der Waals surface area contributed by atoms with Crippen molar-refractivity contribution < 1.29 is 14.3 Å². The number of anilines is 1. The summed E-state index contributed by atoms with van der Waals surface area (Å²) >= 11 is 0. The largest absolute Gasteiger partial charge is 0.490 e. The molecule has 5 N–H and O–H groups in total. The summed E-state index contributed by atoms with van der Waals surface area (Å²) in [4.78, 5) is 20.6. The Morgan fingerprint density at radius 2 is 1.68 bits per heavy atom. The van der Waals surface area contributed by atoms with Crippen LogP contribution in [0.25, 0.3) is 11.3 Å². The summed E-state index contributed by atoms with van der Waals surface area (Å²) in [7, 11) is 0. The van der Waals surface area contributed by atoms with Crippen molar-refractivity contribution in [3.05, 3.63) is 65.9 Å². The SMILES string of the molecule is Cc1nc(N)nc(-c2ccccc2OCCOc2ccccc2)c1C(=O)NN. The van der Waals surface area contributed by atoms with Crippen LogP contribution < -0.4 is 26.5 Å². The number of hydrogen-bond acceptors (Lipinski definition) is 7. The van der Waals surface area contributed by atoms with Gasteiger partial charge < -0.3 is 15.2 Å². The summed E-state index contributed by atoms with van der Waals surface area (Å²) in [5.74, 6) is 6.18. The first-order valence-corrected chi connectivity index (χ1v) is 8.65. The van der Waals surface area contributed by atoms with Gasteiger partial charge in [-0.25, -0.2) is 15.8 Å². The van der Waals surface area contributed by atoms with Crippen molar-refractivity contribution in [1.29, 1.82) is 0 Å². The highest BCUT2D eigenvalue weighted by Crippen LogP contribution is 2.32. The van der Waals surface area contributed by atoms with Crippen LogP contribution in [-0.4, -0.2) is 29.1 Å². The number of nitrogens with zero attached hydrogens (tertiary/aromatic N) is 2. The van der Waals surface area contributed by atoms with Gasteiger partial charge in [-0.1, -0.05) is 30.3 Å². The Labute approximate surface area is 162 Å². The maximum Gasteiger partial charge on any atom is 0.269 e. The lowest BCUT2D eigenvalue weighted by Gasteiger charge is -2.15. The monoisotopic (exact) mass is 379 g/mol. The van der Waals surface area contributed by atoms with Crippen LogP contribution >= 0.6 is 0 Å². The van der Waals surface area contributed by atoms with Gasteiger partial charge >= 0.3 is 0 Å². The molecule has 1 heterocycles. The average Bonchev–Trinajstić information content (AvgIpc) is 2.71. The number of hydrogen-bond donors (Lipinski definition) is 3. The average molecular weight is 379 g/mol. The van der Waals surface area contributed by atoms with Crippen LogP contribution in [-0.2, 0) is 0 Å². The number of rotatable bonds is 7. The fourth-order valence-corrected chi connectivity index (χ4v) is 2.75. The van der Waals surface area contributed by atoms with Crippen molar-refractivity contribution >= 4 is 11.9 Å². The van der Waals surface area contributed by atoms with Crippen LogP contribution in [0.15, 0.2) is 54.6 Å². The van der Waals surface area contributed by atoms with E-state index < -0.39 is 5.91 Å². The van der Waals surface area contributed by atoms with Crippen molar-refractivity contribution in [3.8, 4) is 22.8 Å². The molecule has 0 bridgehead atoms. The first-order valence-electron chi connectivity index (χ1n) is 8.65. The summed E-state index contributed by atoms with van der Waals surface area (Å²) in [5.41, 5.74) is 9.55. The Kier molecular flexibility index (Phi) is 6.03. The van der Waals surface area contributed by atoms with Gasteiger partial charge in [0.2, 0.25) is 5.95 Å². The number of nitrogens with two attached hydrogens (primary N) is 2. The zero-order valence-electron chi connectivity index (χ0n) is 15.4. The summed E-state index contributed by atoms with van der Waals surface area (Å²) in [6.45, 7) is 2.34. The lowest BCUT2D eigenvalue weighted by Crippen LogP contribution is -2.31. The van der Waals surface area contributed by atoms with Crippen molar-refractivity contribution in [3.63, 3.8) is 0 Å². The van der Waals surface area contributed by atoms with Crippen LogP contribution in [0.2, 0.25) is 0 Å². The second kappa shape index (κ2) is 8.83. The maximum atomic E-state index is 12.3. The molecule has 8 nitrogen and oxygen atoms in total. The molecule has 0 spiro atoms. The number of nitrogens with one attached hydrogen (secondary N) is 1. The van der Waals surface area contributed by atoms with Gasteiger partial charge in [0.15, 0.2) is 0 Å². The summed E-state index contributed by atoms with van der Waals surface area (Å²) in [5, 5.41) is 0. The molecule has 0 fully saturated rings. The van der Waals surface area contributed by atoms with Gasteiger partial charge in [0.25, 0.3) is 5.91 Å². The number of aromatic nitrogens is 2. The van der Waals surface area contributed by atoms with Crippen molar-refractivity contribution in [2.24, 2.45) is 5.84 Å². The second-order valence-corrected chi connectivity index (χ2v) is 5.87. The molecule has 144 valence electrons. The van der Waals surface area contributed by atoms with Gasteiger partial charge in [-0.15, -0.1) is 0 Å². The molecule has 0 aliphatic rings. The highest BCUT2D eigenvalue weighted by molar-refractivity contribution is 6.01. The van der Waals surface area contributed by atoms with Crippen LogP contribution in [0.5, 0.6) is 11.5 Å². The molecule has 3 aromatic rings. The summed E-state index contributed by atoms with van der Waals surface area (Å²) in [6, 6.07) is 16.7. The van der Waals surface area contributed by atoms with Crippen LogP contribution in [0.1, 0.15) is 16.1 Å². The number of nitrogen functional groups attached to an aromatic ring is 2. The topological polar surface area (TPSA) is 125 Å². The lowest BCUT2D eigenvalue weighted by atomic mass is 10.0. The van der Waals surface area contributed by atoms with E-state index in [1.54, 1.807) is 19.1 Å². The predicted octanol–water partition coefficient (Wildman–Crippen LogP) is 2.10. The van der Waals surface area contributed by atoms with E-state index in [1.807, 2.05) is 42.5 Å². The van der Waals surface area contributed by atoms with Crippen molar-refractivity contribution in [1.82, 2.24) is 15.4 Å². The third-order valence-electron chi connectivity index (χ3n) is 3.96. The van der Waals surface area contributed by atoms with E-state index in [2.05, 4.69) is 15.4 Å². The van der Waals surface area contributed by atoms with Gasteiger partial charge in [-0.3, -0.25) is 10.2 Å². The fourth-order valence-electron chi connectivity index (χ4n) is 2.75. The van der Waals surface area contributed by atoms with Gasteiger partial charge in [0.1, 0.15) is 24.7 Å². The molecular weight excluding hydrogens is 358 g/mol. The molecule has 0 unspecified atom stereocenters. The second-order valence-electron chi connectivity index (χ2n) is 5.87. The van der Waals surface area contributed by atoms with Gasteiger partial charge in [0, 0.05) is 5.56 Å². The number of para-hydroxylation sites is 2. The third-order valence-corrected chi connectivity index (χ3v) is 3.96. The molecule has 0 saturated heterocycles. The molecule has 2 aromatic carbocycles. The fraction of sp³-hybridized carbons (Fsp3) is 0.150. The van der Waals surface area contributed by atoms with E-state index in [0.717, 1.165) is 5.75 Å². The normalized spacial score (nSPS) is 10.4. The highest BCUT2D eigenvalue weighted by atomic mass is 16.5. The van der Waals surface area contributed by atoms with E-state index >= 15 is 0 Å². The zero-order chi connectivity index (χ0) is 19.9. The Morgan fingerprint density at radius 3 is 2.43 bits per heavy atom. The predicted molar refractivity (Wildman–Crippen MR) is 106 cm³/mol. The summed E-state index contributed by atoms with van der Waals surface area (Å²) < 4.78 is 11.5. The van der Waals surface area contributed by atoms with Crippen LogP contribution in [0.4, 0.5) is 5.95 Å².